The van der Waals surface area contributed by atoms with Crippen LogP contribution < -0.4 is 0 Å². The molecule has 0 bridgehead atoms. The average Bonchev–Trinajstić information content (AvgIpc) is 2.97. The van der Waals surface area contributed by atoms with Crippen LogP contribution in [0.1, 0.15) is 37.7 Å². The average molecular weight is 276 g/mol. The van der Waals surface area contributed by atoms with E-state index < -0.39 is 0 Å². The molecule has 1 saturated carbocycles. The Kier molecular flexibility index (Phi) is 4.11. The van der Waals surface area contributed by atoms with Crippen molar-refractivity contribution >= 4 is 0 Å². The van der Waals surface area contributed by atoms with Crippen LogP contribution in [0.15, 0.2) is 30.3 Å². The fourth-order valence-corrected chi connectivity index (χ4v) is 3.49. The molecular weight excluding hydrogens is 252 g/mol. The summed E-state index contributed by atoms with van der Waals surface area (Å²) < 4.78 is 11.6. The number of benzene rings is 1. The molecule has 1 aliphatic heterocycles. The summed E-state index contributed by atoms with van der Waals surface area (Å²) in [7, 11) is 0. The van der Waals surface area contributed by atoms with E-state index in [0.29, 0.717) is 0 Å². The van der Waals surface area contributed by atoms with Crippen molar-refractivity contribution in [3.63, 3.8) is 0 Å². The van der Waals surface area contributed by atoms with Gasteiger partial charge in [-0.2, -0.15) is 0 Å². The Morgan fingerprint density at radius 2 is 1.60 bits per heavy atom. The molecule has 1 N–H and O–H groups in total. The third-order valence-electron chi connectivity index (χ3n) is 5.01. The zero-order chi connectivity index (χ0) is 13.9. The highest BCUT2D eigenvalue weighted by Crippen LogP contribution is 2.46. The van der Waals surface area contributed by atoms with E-state index in [1.165, 1.54) is 5.56 Å². The van der Waals surface area contributed by atoms with Gasteiger partial charge in [0.1, 0.15) is 0 Å². The second kappa shape index (κ2) is 5.84. The SMILES string of the molecule is OCC1(CCc2ccccc2)CCC2(CC1)OCCO2. The minimum absolute atomic E-state index is 0.0520. The lowest BCUT2D eigenvalue weighted by molar-refractivity contribution is -0.195. The molecule has 3 rings (SSSR count). The molecule has 1 spiro atoms. The molecular formula is C17H24O3. The summed E-state index contributed by atoms with van der Waals surface area (Å²) in [5.41, 5.74) is 1.41. The van der Waals surface area contributed by atoms with E-state index in [9.17, 15) is 5.11 Å². The molecule has 1 aliphatic carbocycles. The predicted molar refractivity (Wildman–Crippen MR) is 77.4 cm³/mol. The number of ether oxygens (including phenoxy) is 2. The van der Waals surface area contributed by atoms with E-state index in [4.69, 9.17) is 9.47 Å². The minimum Gasteiger partial charge on any atom is -0.396 e. The number of rotatable bonds is 4. The fourth-order valence-electron chi connectivity index (χ4n) is 3.49. The Morgan fingerprint density at radius 3 is 2.20 bits per heavy atom. The first kappa shape index (κ1) is 14.1. The maximum Gasteiger partial charge on any atom is 0.168 e. The van der Waals surface area contributed by atoms with Crippen molar-refractivity contribution in [2.75, 3.05) is 19.8 Å². The van der Waals surface area contributed by atoms with Crippen LogP contribution in [-0.4, -0.2) is 30.7 Å². The minimum atomic E-state index is -0.328. The summed E-state index contributed by atoms with van der Waals surface area (Å²) in [4.78, 5) is 0. The summed E-state index contributed by atoms with van der Waals surface area (Å²) in [5, 5.41) is 9.87. The van der Waals surface area contributed by atoms with Crippen molar-refractivity contribution in [2.45, 2.75) is 44.3 Å². The summed E-state index contributed by atoms with van der Waals surface area (Å²) in [6.07, 6.45) is 5.91. The maximum atomic E-state index is 9.87. The number of aliphatic hydroxyl groups is 1. The van der Waals surface area contributed by atoms with Crippen LogP contribution >= 0.6 is 0 Å². The zero-order valence-electron chi connectivity index (χ0n) is 12.0. The lowest BCUT2D eigenvalue weighted by Crippen LogP contribution is -2.41. The Labute approximate surface area is 120 Å². The molecule has 0 amide bonds. The molecule has 2 aliphatic rings. The first-order valence-corrected chi connectivity index (χ1v) is 7.69. The van der Waals surface area contributed by atoms with Crippen LogP contribution in [0.25, 0.3) is 0 Å². The van der Waals surface area contributed by atoms with Gasteiger partial charge in [-0.3, -0.25) is 0 Å². The molecule has 0 unspecified atom stereocenters. The molecule has 1 aromatic carbocycles. The Bertz CT molecular complexity index is 413. The van der Waals surface area contributed by atoms with Gasteiger partial charge in [-0.25, -0.2) is 0 Å². The second-order valence-corrected chi connectivity index (χ2v) is 6.25. The van der Waals surface area contributed by atoms with Gasteiger partial charge in [-0.15, -0.1) is 0 Å². The van der Waals surface area contributed by atoms with E-state index in [1.807, 2.05) is 6.07 Å². The molecule has 3 nitrogen and oxygen atoms in total. The molecule has 0 aromatic heterocycles. The van der Waals surface area contributed by atoms with Gasteiger partial charge in [0, 0.05) is 19.4 Å². The van der Waals surface area contributed by atoms with Crippen LogP contribution in [0.4, 0.5) is 0 Å². The topological polar surface area (TPSA) is 38.7 Å². The second-order valence-electron chi connectivity index (χ2n) is 6.25. The van der Waals surface area contributed by atoms with Crippen molar-refractivity contribution in [1.29, 1.82) is 0 Å². The number of aliphatic hydroxyl groups excluding tert-OH is 1. The van der Waals surface area contributed by atoms with Crippen LogP contribution in [-0.2, 0) is 15.9 Å². The maximum absolute atomic E-state index is 9.87. The van der Waals surface area contributed by atoms with Crippen LogP contribution in [0.5, 0.6) is 0 Å². The largest absolute Gasteiger partial charge is 0.396 e. The van der Waals surface area contributed by atoms with Gasteiger partial charge in [-0.05, 0) is 36.7 Å². The highest BCUT2D eigenvalue weighted by atomic mass is 16.7. The normalized spacial score (nSPS) is 24.1. The highest BCUT2D eigenvalue weighted by molar-refractivity contribution is 5.15. The lowest BCUT2D eigenvalue weighted by atomic mass is 9.69. The highest BCUT2D eigenvalue weighted by Gasteiger charge is 2.45. The van der Waals surface area contributed by atoms with Crippen molar-refractivity contribution in [1.82, 2.24) is 0 Å². The van der Waals surface area contributed by atoms with E-state index in [0.717, 1.165) is 51.7 Å². The van der Waals surface area contributed by atoms with E-state index in [-0.39, 0.29) is 17.8 Å². The summed E-state index contributed by atoms with van der Waals surface area (Å²) in [6.45, 7) is 1.71. The van der Waals surface area contributed by atoms with Gasteiger partial charge in [0.15, 0.2) is 5.79 Å². The van der Waals surface area contributed by atoms with Crippen molar-refractivity contribution in [3.05, 3.63) is 35.9 Å². The van der Waals surface area contributed by atoms with Gasteiger partial charge in [-0.1, -0.05) is 30.3 Å². The number of hydrogen-bond acceptors (Lipinski definition) is 3. The summed E-state index contributed by atoms with van der Waals surface area (Å²) in [5.74, 6) is -0.328. The van der Waals surface area contributed by atoms with Gasteiger partial charge in [0.05, 0.1) is 13.2 Å². The lowest BCUT2D eigenvalue weighted by Gasteiger charge is -2.43. The van der Waals surface area contributed by atoms with Gasteiger partial charge in [0.2, 0.25) is 0 Å². The summed E-state index contributed by atoms with van der Waals surface area (Å²) in [6, 6.07) is 10.5. The van der Waals surface area contributed by atoms with Crippen LogP contribution in [0.3, 0.4) is 0 Å². The molecule has 110 valence electrons. The fraction of sp³-hybridized carbons (Fsp3) is 0.647. The van der Waals surface area contributed by atoms with Crippen molar-refractivity contribution in [3.8, 4) is 0 Å². The monoisotopic (exact) mass is 276 g/mol. The van der Waals surface area contributed by atoms with Crippen LogP contribution in [0.2, 0.25) is 0 Å². The molecule has 1 heterocycles. The van der Waals surface area contributed by atoms with Gasteiger partial charge in [0.25, 0.3) is 0 Å². The quantitative estimate of drug-likeness (QED) is 0.919. The molecule has 0 radical (unpaired) electrons. The van der Waals surface area contributed by atoms with Crippen molar-refractivity contribution < 1.29 is 14.6 Å². The van der Waals surface area contributed by atoms with Crippen LogP contribution in [0, 0.1) is 5.41 Å². The smallest absolute Gasteiger partial charge is 0.168 e. The Balaban J connectivity index is 1.59. The first-order chi connectivity index (χ1) is 9.76. The van der Waals surface area contributed by atoms with E-state index in [1.54, 1.807) is 0 Å². The number of hydrogen-bond donors (Lipinski definition) is 1. The molecule has 2 fully saturated rings. The van der Waals surface area contributed by atoms with E-state index >= 15 is 0 Å². The molecule has 1 aromatic rings. The predicted octanol–water partition coefficient (Wildman–Crippen LogP) is 2.92. The van der Waals surface area contributed by atoms with Gasteiger partial charge >= 0.3 is 0 Å². The zero-order valence-corrected chi connectivity index (χ0v) is 12.0. The Hall–Kier alpha value is -0.900. The summed E-state index contributed by atoms with van der Waals surface area (Å²) >= 11 is 0. The molecule has 0 atom stereocenters. The molecule has 1 saturated heterocycles. The van der Waals surface area contributed by atoms with E-state index in [2.05, 4.69) is 24.3 Å². The third kappa shape index (κ3) is 2.90. The molecule has 3 heteroatoms. The standard InChI is InChI=1S/C17H24O3/c18-14-16(7-6-15-4-2-1-3-5-15)8-10-17(11-9-16)19-12-13-20-17/h1-5,18H,6-14H2. The Morgan fingerprint density at radius 1 is 0.950 bits per heavy atom. The number of aryl methyl sites for hydroxylation is 1. The molecule has 20 heavy (non-hydrogen) atoms. The first-order valence-electron chi connectivity index (χ1n) is 7.69. The third-order valence-corrected chi connectivity index (χ3v) is 5.01. The van der Waals surface area contributed by atoms with Gasteiger partial charge < -0.3 is 14.6 Å². The van der Waals surface area contributed by atoms with Crippen molar-refractivity contribution in [2.24, 2.45) is 5.41 Å².